The van der Waals surface area contributed by atoms with Crippen molar-refractivity contribution in [2.75, 3.05) is 20.1 Å². The van der Waals surface area contributed by atoms with Crippen LogP contribution in [0.2, 0.25) is 5.02 Å². The van der Waals surface area contributed by atoms with Crippen LogP contribution in [0.1, 0.15) is 23.2 Å². The van der Waals surface area contributed by atoms with Gasteiger partial charge in [-0.1, -0.05) is 23.7 Å². The molecule has 0 aliphatic carbocycles. The number of ether oxygens (including phenoxy) is 1. The molecule has 0 saturated carbocycles. The number of likely N-dealkylation sites (tertiary alicyclic amines) is 1. The third kappa shape index (κ3) is 3.20. The Morgan fingerprint density at radius 1 is 1.47 bits per heavy atom. The van der Waals surface area contributed by atoms with Crippen molar-refractivity contribution in [2.45, 2.75) is 18.9 Å². The van der Waals surface area contributed by atoms with Crippen LogP contribution in [0.15, 0.2) is 24.3 Å². The molecule has 1 saturated heterocycles. The van der Waals surface area contributed by atoms with Gasteiger partial charge in [-0.25, -0.2) is 4.79 Å². The van der Waals surface area contributed by atoms with Gasteiger partial charge >= 0.3 is 5.97 Å². The molecule has 1 aromatic carbocycles. The number of esters is 1. The third-order valence-electron chi connectivity index (χ3n) is 2.95. The molecule has 1 heterocycles. The summed E-state index contributed by atoms with van der Waals surface area (Å²) in [6.07, 6.45) is 1.98. The van der Waals surface area contributed by atoms with Crippen LogP contribution in [0.3, 0.4) is 0 Å². The molecule has 4 heteroatoms. The van der Waals surface area contributed by atoms with Crippen molar-refractivity contribution in [2.24, 2.45) is 0 Å². The topological polar surface area (TPSA) is 29.5 Å². The summed E-state index contributed by atoms with van der Waals surface area (Å²) in [7, 11) is 2.04. The Bertz CT molecular complexity index is 408. The van der Waals surface area contributed by atoms with Gasteiger partial charge in [0.15, 0.2) is 0 Å². The average Bonchev–Trinajstić information content (AvgIpc) is 2.29. The molecule has 0 amide bonds. The van der Waals surface area contributed by atoms with Crippen molar-refractivity contribution in [3.8, 4) is 0 Å². The molecular weight excluding hydrogens is 238 g/mol. The van der Waals surface area contributed by atoms with Crippen LogP contribution in [0.4, 0.5) is 0 Å². The van der Waals surface area contributed by atoms with Gasteiger partial charge in [-0.2, -0.15) is 0 Å². The second kappa shape index (κ2) is 5.52. The SMILES string of the molecule is CN1CCC[C@@H](OC(=O)c2ccccc2Cl)C1. The zero-order valence-corrected chi connectivity index (χ0v) is 10.6. The Kier molecular flexibility index (Phi) is 4.02. The molecule has 0 aromatic heterocycles. The van der Waals surface area contributed by atoms with E-state index in [0.29, 0.717) is 10.6 Å². The van der Waals surface area contributed by atoms with E-state index in [2.05, 4.69) is 4.90 Å². The number of nitrogens with zero attached hydrogens (tertiary/aromatic N) is 1. The lowest BCUT2D eigenvalue weighted by molar-refractivity contribution is 0.0109. The summed E-state index contributed by atoms with van der Waals surface area (Å²) in [5.74, 6) is -0.323. The van der Waals surface area contributed by atoms with E-state index in [1.165, 1.54) is 0 Å². The minimum Gasteiger partial charge on any atom is -0.457 e. The van der Waals surface area contributed by atoms with Gasteiger partial charge in [-0.05, 0) is 38.6 Å². The van der Waals surface area contributed by atoms with Gasteiger partial charge in [0.1, 0.15) is 6.10 Å². The normalized spacial score (nSPS) is 21.2. The van der Waals surface area contributed by atoms with E-state index < -0.39 is 0 Å². The zero-order valence-electron chi connectivity index (χ0n) is 9.86. The molecule has 1 atom stereocenters. The zero-order chi connectivity index (χ0) is 12.3. The highest BCUT2D eigenvalue weighted by Crippen LogP contribution is 2.19. The molecular formula is C13H16ClNO2. The molecule has 0 N–H and O–H groups in total. The fourth-order valence-corrected chi connectivity index (χ4v) is 2.27. The average molecular weight is 254 g/mol. The lowest BCUT2D eigenvalue weighted by Gasteiger charge is -2.29. The van der Waals surface area contributed by atoms with Gasteiger partial charge in [0.05, 0.1) is 10.6 Å². The second-order valence-electron chi connectivity index (χ2n) is 4.41. The van der Waals surface area contributed by atoms with Crippen molar-refractivity contribution >= 4 is 17.6 Å². The highest BCUT2D eigenvalue weighted by atomic mass is 35.5. The molecule has 0 unspecified atom stereocenters. The Morgan fingerprint density at radius 2 is 2.24 bits per heavy atom. The van der Waals surface area contributed by atoms with Gasteiger partial charge < -0.3 is 9.64 Å². The van der Waals surface area contributed by atoms with E-state index in [-0.39, 0.29) is 12.1 Å². The van der Waals surface area contributed by atoms with Crippen LogP contribution in [0.5, 0.6) is 0 Å². The first-order valence-electron chi connectivity index (χ1n) is 5.81. The van der Waals surface area contributed by atoms with Crippen LogP contribution in [-0.2, 0) is 4.74 Å². The molecule has 17 heavy (non-hydrogen) atoms. The molecule has 92 valence electrons. The van der Waals surface area contributed by atoms with Crippen molar-refractivity contribution in [3.63, 3.8) is 0 Å². The van der Waals surface area contributed by atoms with Crippen LogP contribution < -0.4 is 0 Å². The van der Waals surface area contributed by atoms with Crippen LogP contribution in [0.25, 0.3) is 0 Å². The van der Waals surface area contributed by atoms with Crippen LogP contribution in [-0.4, -0.2) is 37.1 Å². The molecule has 2 rings (SSSR count). The number of hydrogen-bond donors (Lipinski definition) is 0. The maximum atomic E-state index is 11.9. The number of carbonyl (C=O) groups excluding carboxylic acids is 1. The maximum Gasteiger partial charge on any atom is 0.339 e. The number of carbonyl (C=O) groups is 1. The van der Waals surface area contributed by atoms with Crippen molar-refractivity contribution in [1.29, 1.82) is 0 Å². The largest absolute Gasteiger partial charge is 0.457 e. The summed E-state index contributed by atoms with van der Waals surface area (Å²) in [5, 5.41) is 0.446. The van der Waals surface area contributed by atoms with E-state index in [9.17, 15) is 4.79 Å². The Labute approximate surface area is 106 Å². The quantitative estimate of drug-likeness (QED) is 0.759. The van der Waals surface area contributed by atoms with Crippen molar-refractivity contribution in [1.82, 2.24) is 4.90 Å². The van der Waals surface area contributed by atoms with Gasteiger partial charge in [0, 0.05) is 6.54 Å². The Hall–Kier alpha value is -1.06. The Morgan fingerprint density at radius 3 is 2.94 bits per heavy atom. The first-order valence-corrected chi connectivity index (χ1v) is 6.18. The van der Waals surface area contributed by atoms with Crippen molar-refractivity contribution in [3.05, 3.63) is 34.9 Å². The number of hydrogen-bond acceptors (Lipinski definition) is 3. The lowest BCUT2D eigenvalue weighted by atomic mass is 10.1. The minimum absolute atomic E-state index is 0.0162. The van der Waals surface area contributed by atoms with Crippen LogP contribution in [0, 0.1) is 0 Å². The van der Waals surface area contributed by atoms with Gasteiger partial charge in [-0.3, -0.25) is 0 Å². The highest BCUT2D eigenvalue weighted by Gasteiger charge is 2.22. The molecule has 1 aliphatic rings. The number of piperidine rings is 1. The van der Waals surface area contributed by atoms with Gasteiger partial charge in [0.25, 0.3) is 0 Å². The van der Waals surface area contributed by atoms with Gasteiger partial charge in [0.2, 0.25) is 0 Å². The van der Waals surface area contributed by atoms with E-state index >= 15 is 0 Å². The van der Waals surface area contributed by atoms with Crippen molar-refractivity contribution < 1.29 is 9.53 Å². The molecule has 1 aromatic rings. The molecule has 1 fully saturated rings. The molecule has 0 radical (unpaired) electrons. The van der Waals surface area contributed by atoms with Gasteiger partial charge in [-0.15, -0.1) is 0 Å². The molecule has 3 nitrogen and oxygen atoms in total. The number of benzene rings is 1. The molecule has 0 bridgehead atoms. The second-order valence-corrected chi connectivity index (χ2v) is 4.82. The number of halogens is 1. The fraction of sp³-hybridized carbons (Fsp3) is 0.462. The standard InChI is InChI=1S/C13H16ClNO2/c1-15-8-4-5-10(9-15)17-13(16)11-6-2-3-7-12(11)14/h2-3,6-7,10H,4-5,8-9H2,1H3/t10-/m1/s1. The van der Waals surface area contributed by atoms with E-state index in [0.717, 1.165) is 25.9 Å². The summed E-state index contributed by atoms with van der Waals surface area (Å²) in [4.78, 5) is 14.1. The fourth-order valence-electron chi connectivity index (χ4n) is 2.06. The Balaban J connectivity index is 1.99. The summed E-state index contributed by atoms with van der Waals surface area (Å²) >= 11 is 5.95. The highest BCUT2D eigenvalue weighted by molar-refractivity contribution is 6.33. The number of likely N-dealkylation sites (N-methyl/N-ethyl adjacent to an activating group) is 1. The number of rotatable bonds is 2. The summed E-state index contributed by atoms with van der Waals surface area (Å²) in [5.41, 5.74) is 0.447. The summed E-state index contributed by atoms with van der Waals surface area (Å²) < 4.78 is 5.46. The minimum atomic E-state index is -0.323. The van der Waals surface area contributed by atoms with E-state index in [1.807, 2.05) is 7.05 Å². The smallest absolute Gasteiger partial charge is 0.339 e. The van der Waals surface area contributed by atoms with Crippen LogP contribution >= 0.6 is 11.6 Å². The maximum absolute atomic E-state index is 11.9. The predicted octanol–water partition coefficient (Wildman–Crippen LogP) is 2.59. The molecule has 0 spiro atoms. The predicted molar refractivity (Wildman–Crippen MR) is 67.4 cm³/mol. The first kappa shape index (κ1) is 12.4. The lowest BCUT2D eigenvalue weighted by Crippen LogP contribution is -2.38. The summed E-state index contributed by atoms with van der Waals surface area (Å²) in [6.45, 7) is 1.87. The monoisotopic (exact) mass is 253 g/mol. The molecule has 1 aliphatic heterocycles. The third-order valence-corrected chi connectivity index (χ3v) is 3.28. The van der Waals surface area contributed by atoms with E-state index in [1.54, 1.807) is 24.3 Å². The summed E-state index contributed by atoms with van der Waals surface area (Å²) in [6, 6.07) is 6.98. The van der Waals surface area contributed by atoms with E-state index in [4.69, 9.17) is 16.3 Å². The first-order chi connectivity index (χ1) is 8.16.